The largest absolute Gasteiger partial charge is 0.435 e. The van der Waals surface area contributed by atoms with Crippen molar-refractivity contribution in [3.8, 4) is 0 Å². The van der Waals surface area contributed by atoms with E-state index in [2.05, 4.69) is 5.10 Å². The summed E-state index contributed by atoms with van der Waals surface area (Å²) in [6.07, 6.45) is -2.93. The monoisotopic (exact) mass is 247 g/mol. The molecular weight excluding hydrogens is 231 g/mol. The molecule has 0 aromatic carbocycles. The van der Waals surface area contributed by atoms with Gasteiger partial charge in [0.25, 0.3) is 0 Å². The molecule has 96 valence electrons. The summed E-state index contributed by atoms with van der Waals surface area (Å²) in [5, 5.41) is 3.53. The molecule has 0 saturated heterocycles. The second-order valence-electron chi connectivity index (χ2n) is 5.25. The Morgan fingerprint density at radius 1 is 1.47 bits per heavy atom. The van der Waals surface area contributed by atoms with Gasteiger partial charge < -0.3 is 5.73 Å². The van der Waals surface area contributed by atoms with E-state index in [9.17, 15) is 13.2 Å². The van der Waals surface area contributed by atoms with E-state index in [4.69, 9.17) is 5.73 Å². The molecule has 0 spiro atoms. The van der Waals surface area contributed by atoms with Crippen molar-refractivity contribution in [2.45, 2.75) is 25.9 Å². The number of aromatic nitrogens is 2. The maximum atomic E-state index is 12.8. The molecule has 2 atom stereocenters. The molecule has 0 aliphatic heterocycles. The van der Waals surface area contributed by atoms with Gasteiger partial charge in [-0.05, 0) is 23.8 Å². The third-order valence-corrected chi connectivity index (χ3v) is 3.77. The van der Waals surface area contributed by atoms with Crippen molar-refractivity contribution in [1.82, 2.24) is 9.78 Å². The van der Waals surface area contributed by atoms with Gasteiger partial charge >= 0.3 is 6.18 Å². The molecule has 6 heteroatoms. The van der Waals surface area contributed by atoms with Crippen LogP contribution < -0.4 is 5.73 Å². The minimum Gasteiger partial charge on any atom is -0.330 e. The molecule has 0 unspecified atom stereocenters. The first kappa shape index (κ1) is 12.4. The van der Waals surface area contributed by atoms with E-state index in [0.29, 0.717) is 6.54 Å². The standard InChI is InChI=1S/C11H16F3N3/c1-10(2)7(4-15)8(10)6-5-17(3)16-9(6)11(12,13)14/h5,7-8H,4,15H2,1-3H3/t7-,8-/m1/s1. The Labute approximate surface area is 97.8 Å². The highest BCUT2D eigenvalue weighted by Gasteiger charge is 2.60. The Morgan fingerprint density at radius 2 is 2.06 bits per heavy atom. The lowest BCUT2D eigenvalue weighted by Gasteiger charge is -2.06. The molecule has 1 saturated carbocycles. The molecule has 1 aliphatic carbocycles. The minimum atomic E-state index is -4.39. The van der Waals surface area contributed by atoms with Crippen LogP contribution in [0.2, 0.25) is 0 Å². The molecule has 3 nitrogen and oxygen atoms in total. The summed E-state index contributed by atoms with van der Waals surface area (Å²) in [5.74, 6) is -0.0365. The van der Waals surface area contributed by atoms with E-state index in [-0.39, 0.29) is 22.8 Å². The van der Waals surface area contributed by atoms with Crippen molar-refractivity contribution in [2.75, 3.05) is 6.54 Å². The van der Waals surface area contributed by atoms with Crippen LogP contribution >= 0.6 is 0 Å². The van der Waals surface area contributed by atoms with Gasteiger partial charge in [-0.3, -0.25) is 4.68 Å². The zero-order valence-corrected chi connectivity index (χ0v) is 10.0. The molecule has 1 fully saturated rings. The predicted octanol–water partition coefficient (Wildman–Crippen LogP) is 2.14. The summed E-state index contributed by atoms with van der Waals surface area (Å²) in [5.41, 5.74) is 4.93. The lowest BCUT2D eigenvalue weighted by Crippen LogP contribution is -2.10. The molecule has 17 heavy (non-hydrogen) atoms. The average molecular weight is 247 g/mol. The number of nitrogens with two attached hydrogens (primary N) is 1. The van der Waals surface area contributed by atoms with E-state index < -0.39 is 11.9 Å². The molecule has 2 rings (SSSR count). The molecular formula is C11H16F3N3. The summed E-state index contributed by atoms with van der Waals surface area (Å²) in [4.78, 5) is 0. The summed E-state index contributed by atoms with van der Waals surface area (Å²) in [6.45, 7) is 4.30. The van der Waals surface area contributed by atoms with Crippen molar-refractivity contribution in [2.24, 2.45) is 24.1 Å². The zero-order chi connectivity index (χ0) is 13.0. The fourth-order valence-electron chi connectivity index (χ4n) is 2.76. The highest BCUT2D eigenvalue weighted by molar-refractivity contribution is 5.35. The Hall–Kier alpha value is -1.04. The molecule has 1 aromatic rings. The van der Waals surface area contributed by atoms with Crippen molar-refractivity contribution >= 4 is 0 Å². The maximum Gasteiger partial charge on any atom is 0.435 e. The average Bonchev–Trinajstić information content (AvgIpc) is 2.51. The Bertz CT molecular complexity index is 434. The Kier molecular flexibility index (Phi) is 2.54. The van der Waals surface area contributed by atoms with Crippen LogP contribution in [0.3, 0.4) is 0 Å². The number of hydrogen-bond acceptors (Lipinski definition) is 2. The van der Waals surface area contributed by atoms with Gasteiger partial charge in [0.15, 0.2) is 5.69 Å². The highest BCUT2D eigenvalue weighted by atomic mass is 19.4. The smallest absolute Gasteiger partial charge is 0.330 e. The van der Waals surface area contributed by atoms with Gasteiger partial charge in [-0.25, -0.2) is 0 Å². The van der Waals surface area contributed by atoms with E-state index >= 15 is 0 Å². The van der Waals surface area contributed by atoms with E-state index in [1.807, 2.05) is 13.8 Å². The maximum absolute atomic E-state index is 12.8. The quantitative estimate of drug-likeness (QED) is 0.870. The first-order valence-corrected chi connectivity index (χ1v) is 5.50. The highest BCUT2D eigenvalue weighted by Crippen LogP contribution is 2.64. The first-order valence-electron chi connectivity index (χ1n) is 5.50. The van der Waals surface area contributed by atoms with Gasteiger partial charge in [-0.15, -0.1) is 0 Å². The van der Waals surface area contributed by atoms with Crippen molar-refractivity contribution in [3.63, 3.8) is 0 Å². The molecule has 1 aromatic heterocycles. The number of rotatable bonds is 2. The molecule has 2 N–H and O–H groups in total. The van der Waals surface area contributed by atoms with Crippen LogP contribution in [-0.2, 0) is 13.2 Å². The summed E-state index contributed by atoms with van der Waals surface area (Å²) < 4.78 is 39.7. The Morgan fingerprint density at radius 3 is 2.47 bits per heavy atom. The summed E-state index contributed by atoms with van der Waals surface area (Å²) in [6, 6.07) is 0. The lowest BCUT2D eigenvalue weighted by atomic mass is 10.0. The van der Waals surface area contributed by atoms with Gasteiger partial charge in [0, 0.05) is 18.8 Å². The van der Waals surface area contributed by atoms with Crippen LogP contribution in [0.1, 0.15) is 31.0 Å². The second-order valence-corrected chi connectivity index (χ2v) is 5.25. The first-order chi connectivity index (χ1) is 7.69. The molecule has 1 aliphatic rings. The molecule has 0 radical (unpaired) electrons. The SMILES string of the molecule is Cn1cc([C@@H]2[C@@H](CN)C2(C)C)c(C(F)(F)F)n1. The van der Waals surface area contributed by atoms with E-state index in [0.717, 1.165) is 0 Å². The van der Waals surface area contributed by atoms with Gasteiger partial charge in [-0.2, -0.15) is 18.3 Å². The molecule has 0 amide bonds. The topological polar surface area (TPSA) is 43.8 Å². The minimum absolute atomic E-state index is 0.104. The van der Waals surface area contributed by atoms with E-state index in [1.54, 1.807) is 0 Å². The van der Waals surface area contributed by atoms with Gasteiger partial charge in [0.1, 0.15) is 0 Å². The lowest BCUT2D eigenvalue weighted by molar-refractivity contribution is -0.142. The number of alkyl halides is 3. The van der Waals surface area contributed by atoms with Crippen molar-refractivity contribution in [3.05, 3.63) is 17.5 Å². The number of hydrogen-bond donors (Lipinski definition) is 1. The number of halogens is 3. The fourth-order valence-corrected chi connectivity index (χ4v) is 2.76. The van der Waals surface area contributed by atoms with Crippen LogP contribution in [0.5, 0.6) is 0 Å². The number of nitrogens with zero attached hydrogens (tertiary/aromatic N) is 2. The third kappa shape index (κ3) is 1.84. The summed E-state index contributed by atoms with van der Waals surface area (Å²) in [7, 11) is 1.51. The van der Waals surface area contributed by atoms with Crippen LogP contribution in [-0.4, -0.2) is 16.3 Å². The van der Waals surface area contributed by atoms with Gasteiger partial charge in [-0.1, -0.05) is 13.8 Å². The Balaban J connectivity index is 2.41. The van der Waals surface area contributed by atoms with Gasteiger partial charge in [0.2, 0.25) is 0 Å². The van der Waals surface area contributed by atoms with Crippen LogP contribution in [0.15, 0.2) is 6.20 Å². The van der Waals surface area contributed by atoms with E-state index in [1.165, 1.54) is 17.9 Å². The van der Waals surface area contributed by atoms with Crippen LogP contribution in [0.25, 0.3) is 0 Å². The van der Waals surface area contributed by atoms with Crippen molar-refractivity contribution < 1.29 is 13.2 Å². The summed E-state index contributed by atoms with van der Waals surface area (Å²) >= 11 is 0. The van der Waals surface area contributed by atoms with Crippen LogP contribution in [0, 0.1) is 11.3 Å². The second kappa shape index (κ2) is 3.48. The van der Waals surface area contributed by atoms with Crippen LogP contribution in [0.4, 0.5) is 13.2 Å². The normalized spacial score (nSPS) is 27.2. The predicted molar refractivity (Wildman–Crippen MR) is 57.3 cm³/mol. The van der Waals surface area contributed by atoms with Crippen molar-refractivity contribution in [1.29, 1.82) is 0 Å². The molecule has 0 bridgehead atoms. The number of aryl methyl sites for hydroxylation is 1. The molecule has 1 heterocycles. The third-order valence-electron chi connectivity index (χ3n) is 3.77. The zero-order valence-electron chi connectivity index (χ0n) is 10.0. The van der Waals surface area contributed by atoms with Gasteiger partial charge in [0.05, 0.1) is 0 Å². The fraction of sp³-hybridized carbons (Fsp3) is 0.727.